The molecule has 0 unspecified atom stereocenters. The zero-order valence-electron chi connectivity index (χ0n) is 11.0. The van der Waals surface area contributed by atoms with E-state index in [0.717, 1.165) is 23.6 Å². The molecule has 20 heavy (non-hydrogen) atoms. The lowest BCUT2D eigenvalue weighted by Crippen LogP contribution is -2.32. The Bertz CT molecular complexity index is 730. The molecule has 0 radical (unpaired) electrons. The second kappa shape index (κ2) is 4.84. The molecule has 0 aliphatic heterocycles. The molecular formula is C15H17NO3S. The van der Waals surface area contributed by atoms with Crippen LogP contribution in [0.3, 0.4) is 0 Å². The van der Waals surface area contributed by atoms with Crippen molar-refractivity contribution in [3.63, 3.8) is 0 Å². The molecule has 2 aromatic rings. The van der Waals surface area contributed by atoms with Gasteiger partial charge in [-0.2, -0.15) is 0 Å². The van der Waals surface area contributed by atoms with Gasteiger partial charge in [0.1, 0.15) is 0 Å². The van der Waals surface area contributed by atoms with E-state index in [2.05, 4.69) is 4.72 Å². The second-order valence-electron chi connectivity index (χ2n) is 5.46. The summed E-state index contributed by atoms with van der Waals surface area (Å²) in [7, 11) is -3.55. The van der Waals surface area contributed by atoms with Crippen LogP contribution in [0.4, 0.5) is 0 Å². The zero-order chi connectivity index (χ0) is 14.2. The Kier molecular flexibility index (Phi) is 3.28. The topological polar surface area (TPSA) is 66.4 Å². The molecule has 2 aromatic carbocycles. The summed E-state index contributed by atoms with van der Waals surface area (Å²) in [6, 6.07) is 12.7. The van der Waals surface area contributed by atoms with Crippen molar-refractivity contribution in [2.45, 2.75) is 17.7 Å². The molecule has 2 N–H and O–H groups in total. The zero-order valence-corrected chi connectivity index (χ0v) is 11.9. The first-order chi connectivity index (χ1) is 9.56. The van der Waals surface area contributed by atoms with Crippen LogP contribution in [0.15, 0.2) is 47.4 Å². The summed E-state index contributed by atoms with van der Waals surface area (Å²) in [5.41, 5.74) is -0.238. The van der Waals surface area contributed by atoms with Gasteiger partial charge in [-0.15, -0.1) is 0 Å². The van der Waals surface area contributed by atoms with E-state index in [-0.39, 0.29) is 12.0 Å². The lowest BCUT2D eigenvalue weighted by molar-refractivity contribution is 0.213. The smallest absolute Gasteiger partial charge is 0.241 e. The summed E-state index contributed by atoms with van der Waals surface area (Å²) in [5, 5.41) is 10.9. The maximum atomic E-state index is 12.4. The van der Waals surface area contributed by atoms with E-state index in [1.165, 1.54) is 0 Å². The van der Waals surface area contributed by atoms with Crippen LogP contribution in [0, 0.1) is 5.41 Å². The molecule has 0 amide bonds. The van der Waals surface area contributed by atoms with Gasteiger partial charge in [-0.3, -0.25) is 0 Å². The Hall–Kier alpha value is -1.43. The van der Waals surface area contributed by atoms with Crippen LogP contribution in [0.1, 0.15) is 12.8 Å². The normalized spacial score (nSPS) is 17.2. The van der Waals surface area contributed by atoms with E-state index < -0.39 is 10.0 Å². The third kappa shape index (κ3) is 2.44. The van der Waals surface area contributed by atoms with Crippen LogP contribution < -0.4 is 4.72 Å². The molecular weight excluding hydrogens is 274 g/mol. The molecule has 3 rings (SSSR count). The highest BCUT2D eigenvalue weighted by Crippen LogP contribution is 2.44. The van der Waals surface area contributed by atoms with Gasteiger partial charge in [-0.1, -0.05) is 36.4 Å². The van der Waals surface area contributed by atoms with E-state index in [1.54, 1.807) is 12.1 Å². The third-order valence-corrected chi connectivity index (χ3v) is 5.43. The van der Waals surface area contributed by atoms with Gasteiger partial charge >= 0.3 is 0 Å². The first-order valence-corrected chi connectivity index (χ1v) is 8.13. The van der Waals surface area contributed by atoms with Gasteiger partial charge in [0.25, 0.3) is 0 Å². The standard InChI is InChI=1S/C15H17NO3S/c17-11-15(8-9-15)10-16-20(18,19)14-7-3-5-12-4-1-2-6-13(12)14/h1-7,16-17H,8-11H2. The van der Waals surface area contributed by atoms with Crippen molar-refractivity contribution in [2.24, 2.45) is 5.41 Å². The minimum Gasteiger partial charge on any atom is -0.396 e. The van der Waals surface area contributed by atoms with Gasteiger partial charge in [0, 0.05) is 24.0 Å². The van der Waals surface area contributed by atoms with Crippen molar-refractivity contribution in [1.82, 2.24) is 4.72 Å². The van der Waals surface area contributed by atoms with Gasteiger partial charge in [0.2, 0.25) is 10.0 Å². The SMILES string of the molecule is O=S(=O)(NCC1(CO)CC1)c1cccc2ccccc12. The minimum atomic E-state index is -3.55. The number of aliphatic hydroxyl groups excluding tert-OH is 1. The Morgan fingerprint density at radius 3 is 2.50 bits per heavy atom. The number of rotatable bonds is 5. The average molecular weight is 291 g/mol. The van der Waals surface area contributed by atoms with Crippen LogP contribution in [0.5, 0.6) is 0 Å². The van der Waals surface area contributed by atoms with Crippen LogP contribution in [-0.2, 0) is 10.0 Å². The molecule has 1 saturated carbocycles. The molecule has 1 aliphatic carbocycles. The van der Waals surface area contributed by atoms with E-state index in [4.69, 9.17) is 0 Å². The maximum Gasteiger partial charge on any atom is 0.241 e. The fraction of sp³-hybridized carbons (Fsp3) is 0.333. The van der Waals surface area contributed by atoms with Crippen molar-refractivity contribution < 1.29 is 13.5 Å². The molecule has 1 aliphatic rings. The van der Waals surface area contributed by atoms with Crippen molar-refractivity contribution in [3.8, 4) is 0 Å². The van der Waals surface area contributed by atoms with E-state index in [9.17, 15) is 13.5 Å². The molecule has 1 fully saturated rings. The molecule has 0 atom stereocenters. The summed E-state index contributed by atoms with van der Waals surface area (Å²) in [5.74, 6) is 0. The highest BCUT2D eigenvalue weighted by molar-refractivity contribution is 7.89. The highest BCUT2D eigenvalue weighted by atomic mass is 32.2. The van der Waals surface area contributed by atoms with Gasteiger partial charge in [-0.25, -0.2) is 13.1 Å². The quantitative estimate of drug-likeness (QED) is 0.884. The third-order valence-electron chi connectivity index (χ3n) is 3.97. The van der Waals surface area contributed by atoms with E-state index >= 15 is 0 Å². The number of sulfonamides is 1. The summed E-state index contributed by atoms with van der Waals surface area (Å²) >= 11 is 0. The first kappa shape index (κ1) is 13.5. The largest absolute Gasteiger partial charge is 0.396 e. The van der Waals surface area contributed by atoms with Gasteiger partial charge < -0.3 is 5.11 Å². The molecule has 0 bridgehead atoms. The molecule has 0 saturated heterocycles. The number of hydrogen-bond donors (Lipinski definition) is 2. The fourth-order valence-electron chi connectivity index (χ4n) is 2.32. The van der Waals surface area contributed by atoms with Gasteiger partial charge in [0.15, 0.2) is 0 Å². The minimum absolute atomic E-state index is 0.0328. The summed E-state index contributed by atoms with van der Waals surface area (Å²) < 4.78 is 27.5. The van der Waals surface area contributed by atoms with Crippen LogP contribution in [-0.4, -0.2) is 26.7 Å². The van der Waals surface area contributed by atoms with Crippen molar-refractivity contribution in [1.29, 1.82) is 0 Å². The Morgan fingerprint density at radius 1 is 1.10 bits per heavy atom. The monoisotopic (exact) mass is 291 g/mol. The predicted octanol–water partition coefficient (Wildman–Crippen LogP) is 1.89. The molecule has 0 heterocycles. The van der Waals surface area contributed by atoms with Crippen molar-refractivity contribution >= 4 is 20.8 Å². The Balaban J connectivity index is 1.93. The lowest BCUT2D eigenvalue weighted by Gasteiger charge is -2.14. The molecule has 106 valence electrons. The maximum absolute atomic E-state index is 12.4. The van der Waals surface area contributed by atoms with Crippen LogP contribution >= 0.6 is 0 Å². The second-order valence-corrected chi connectivity index (χ2v) is 7.20. The summed E-state index contributed by atoms with van der Waals surface area (Å²) in [4.78, 5) is 0.296. The first-order valence-electron chi connectivity index (χ1n) is 6.65. The summed E-state index contributed by atoms with van der Waals surface area (Å²) in [6.45, 7) is 0.333. The number of hydrogen-bond acceptors (Lipinski definition) is 3. The number of nitrogens with one attached hydrogen (secondary N) is 1. The van der Waals surface area contributed by atoms with Crippen LogP contribution in [0.2, 0.25) is 0 Å². The number of aliphatic hydroxyl groups is 1. The number of benzene rings is 2. The van der Waals surface area contributed by atoms with Crippen molar-refractivity contribution in [2.75, 3.05) is 13.2 Å². The molecule has 4 nitrogen and oxygen atoms in total. The Labute approximate surface area is 118 Å². The predicted molar refractivity (Wildman–Crippen MR) is 77.9 cm³/mol. The number of fused-ring (bicyclic) bond motifs is 1. The average Bonchev–Trinajstić information content (AvgIpc) is 3.25. The summed E-state index contributed by atoms with van der Waals surface area (Å²) in [6.07, 6.45) is 1.75. The van der Waals surface area contributed by atoms with Crippen LogP contribution in [0.25, 0.3) is 10.8 Å². The van der Waals surface area contributed by atoms with Gasteiger partial charge in [0.05, 0.1) is 4.90 Å². The van der Waals surface area contributed by atoms with Crippen molar-refractivity contribution in [3.05, 3.63) is 42.5 Å². The Morgan fingerprint density at radius 2 is 1.80 bits per heavy atom. The molecule has 0 spiro atoms. The van der Waals surface area contributed by atoms with E-state index in [0.29, 0.717) is 11.4 Å². The highest BCUT2D eigenvalue weighted by Gasteiger charge is 2.42. The molecule has 0 aromatic heterocycles. The molecule has 5 heteroatoms. The fourth-order valence-corrected chi connectivity index (χ4v) is 3.71. The van der Waals surface area contributed by atoms with Gasteiger partial charge in [-0.05, 0) is 24.3 Å². The van der Waals surface area contributed by atoms with E-state index in [1.807, 2.05) is 30.3 Å². The lowest BCUT2D eigenvalue weighted by atomic mass is 10.1.